The summed E-state index contributed by atoms with van der Waals surface area (Å²) >= 11 is 1.43. The molecule has 2 saturated heterocycles. The number of aromatic nitrogens is 2. The first-order valence-electron chi connectivity index (χ1n) is 18.6. The van der Waals surface area contributed by atoms with Crippen LogP contribution in [0.25, 0.3) is 11.4 Å². The maximum absolute atomic E-state index is 13.5. The Hall–Kier alpha value is -3.79. The third-order valence-electron chi connectivity index (χ3n) is 11.2. The van der Waals surface area contributed by atoms with Gasteiger partial charge in [-0.05, 0) is 66.5 Å². The number of hydrogen-bond acceptors (Lipinski definition) is 7. The van der Waals surface area contributed by atoms with Crippen molar-refractivity contribution in [1.29, 1.82) is 0 Å². The van der Waals surface area contributed by atoms with Crippen molar-refractivity contribution >= 4 is 34.8 Å². The highest BCUT2D eigenvalue weighted by molar-refractivity contribution is 7.14. The lowest BCUT2D eigenvalue weighted by Gasteiger charge is -2.39. The second-order valence-electron chi connectivity index (χ2n) is 15.8. The van der Waals surface area contributed by atoms with Gasteiger partial charge in [0.25, 0.3) is 5.91 Å². The third kappa shape index (κ3) is 8.56. The number of nitrogens with one attached hydrogen (secondary N) is 1. The van der Waals surface area contributed by atoms with Gasteiger partial charge in [0.05, 0.1) is 28.9 Å². The van der Waals surface area contributed by atoms with Crippen molar-refractivity contribution in [1.82, 2.24) is 20.2 Å². The summed E-state index contributed by atoms with van der Waals surface area (Å²) < 4.78 is 0. The van der Waals surface area contributed by atoms with Crippen molar-refractivity contribution in [2.75, 3.05) is 31.1 Å². The maximum atomic E-state index is 13.5. The van der Waals surface area contributed by atoms with E-state index in [4.69, 9.17) is 9.97 Å². The summed E-state index contributed by atoms with van der Waals surface area (Å²) in [5, 5.41) is 12.3. The predicted molar refractivity (Wildman–Crippen MR) is 198 cm³/mol. The fourth-order valence-electron chi connectivity index (χ4n) is 7.97. The number of aliphatic carboxylic acids is 1. The van der Waals surface area contributed by atoms with Gasteiger partial charge in [-0.1, -0.05) is 77.6 Å². The topological polar surface area (TPSA) is 116 Å². The number of benzene rings is 1. The Labute approximate surface area is 300 Å². The van der Waals surface area contributed by atoms with Crippen molar-refractivity contribution in [2.24, 2.45) is 23.7 Å². The molecular formula is C40H53N5O4S. The fourth-order valence-corrected chi connectivity index (χ4v) is 8.94. The molecule has 1 aliphatic carbocycles. The number of piperidine rings is 1. The van der Waals surface area contributed by atoms with E-state index in [0.29, 0.717) is 10.7 Å². The first-order valence-corrected chi connectivity index (χ1v) is 19.4. The predicted octanol–water partition coefficient (Wildman–Crippen LogP) is 7.21. The van der Waals surface area contributed by atoms with Crippen LogP contribution in [0.4, 0.5) is 5.69 Å². The van der Waals surface area contributed by atoms with Crippen LogP contribution in [0.1, 0.15) is 99.2 Å². The van der Waals surface area contributed by atoms with Crippen molar-refractivity contribution in [2.45, 2.75) is 96.9 Å². The molecule has 2 aromatic heterocycles. The molecule has 3 fully saturated rings. The molecular weight excluding hydrogens is 647 g/mol. The monoisotopic (exact) mass is 699 g/mol. The summed E-state index contributed by atoms with van der Waals surface area (Å²) in [6, 6.07) is 10.7. The molecule has 2 aliphatic heterocycles. The number of carbonyl (C=O) groups is 3. The van der Waals surface area contributed by atoms with E-state index in [9.17, 15) is 19.5 Å². The summed E-state index contributed by atoms with van der Waals surface area (Å²) in [5.41, 5.74) is 2.74. The van der Waals surface area contributed by atoms with Crippen molar-refractivity contribution < 1.29 is 19.5 Å². The minimum Gasteiger partial charge on any atom is -0.481 e. The SMILES string of the molecule is CCCC1CCC(C2CCN(c3cnc(-c4ccc(C[C@H](NC(=O)c5ccc(C(C)(C)C)s5)C(=O)N5CC(C(=O)O)C5)cc4)nc3)CC2)CC1. The number of hydrogen-bond donors (Lipinski definition) is 2. The number of carboxylic acid groups (broad SMARTS) is 1. The molecule has 0 spiro atoms. The summed E-state index contributed by atoms with van der Waals surface area (Å²) in [6.07, 6.45) is 15.0. The van der Waals surface area contributed by atoms with E-state index in [0.717, 1.165) is 52.5 Å². The van der Waals surface area contributed by atoms with Gasteiger partial charge < -0.3 is 20.2 Å². The lowest BCUT2D eigenvalue weighted by atomic mass is 9.72. The Balaban J connectivity index is 1.06. The Kier molecular flexibility index (Phi) is 11.3. The summed E-state index contributed by atoms with van der Waals surface area (Å²) in [5.74, 6) is 1.30. The number of carbonyl (C=O) groups excluding carboxylic acids is 2. The Bertz CT molecular complexity index is 1610. The van der Waals surface area contributed by atoms with Gasteiger partial charge in [0.2, 0.25) is 5.91 Å². The van der Waals surface area contributed by atoms with Gasteiger partial charge in [-0.25, -0.2) is 9.97 Å². The van der Waals surface area contributed by atoms with Gasteiger partial charge in [-0.2, -0.15) is 0 Å². The lowest BCUT2D eigenvalue weighted by molar-refractivity contribution is -0.153. The van der Waals surface area contributed by atoms with Crippen LogP contribution in [0, 0.1) is 23.7 Å². The van der Waals surface area contributed by atoms with Crippen LogP contribution in [0.5, 0.6) is 0 Å². The quantitative estimate of drug-likeness (QED) is 0.217. The molecule has 0 unspecified atom stereocenters. The molecule has 268 valence electrons. The van der Waals surface area contributed by atoms with E-state index in [1.807, 2.05) is 42.7 Å². The zero-order chi connectivity index (χ0) is 35.4. The van der Waals surface area contributed by atoms with E-state index in [2.05, 4.69) is 37.9 Å². The third-order valence-corrected chi connectivity index (χ3v) is 12.7. The lowest BCUT2D eigenvalue weighted by Crippen LogP contribution is -2.59. The van der Waals surface area contributed by atoms with Crippen molar-refractivity contribution in [3.05, 3.63) is 64.1 Å². The standard InChI is InChI=1S/C40H53N5O4S/c1-5-6-26-7-11-28(12-8-26)29-17-19-44(20-18-29)32-22-41-36(42-23-32)30-13-9-27(10-14-30)21-33(38(47)45-24-31(25-45)39(48)49)43-37(46)34-15-16-35(50-34)40(2,3)4/h9-10,13-16,22-23,26,28-29,31,33H,5-8,11-12,17-21,24-25H2,1-4H3,(H,43,46)(H,48,49)/t26?,28?,33-/m0/s1. The van der Waals surface area contributed by atoms with Gasteiger partial charge in [0.1, 0.15) is 6.04 Å². The second kappa shape index (κ2) is 15.6. The summed E-state index contributed by atoms with van der Waals surface area (Å²) in [6.45, 7) is 11.0. The average Bonchev–Trinajstić information content (AvgIpc) is 3.60. The molecule has 1 saturated carbocycles. The van der Waals surface area contributed by atoms with Gasteiger partial charge in [-0.15, -0.1) is 11.3 Å². The van der Waals surface area contributed by atoms with E-state index in [1.54, 1.807) is 6.07 Å². The van der Waals surface area contributed by atoms with E-state index in [1.165, 1.54) is 67.6 Å². The number of likely N-dealkylation sites (tertiary alicyclic amines) is 1. The molecule has 9 nitrogen and oxygen atoms in total. The van der Waals surface area contributed by atoms with Crippen LogP contribution in [-0.2, 0) is 21.4 Å². The highest BCUT2D eigenvalue weighted by atomic mass is 32.1. The number of rotatable bonds is 11. The summed E-state index contributed by atoms with van der Waals surface area (Å²) in [7, 11) is 0. The zero-order valence-corrected chi connectivity index (χ0v) is 30.9. The number of amides is 2. The zero-order valence-electron chi connectivity index (χ0n) is 30.1. The number of anilines is 1. The molecule has 3 aliphatic rings. The number of carboxylic acids is 1. The Morgan fingerprint density at radius 3 is 2.14 bits per heavy atom. The van der Waals surface area contributed by atoms with Gasteiger partial charge in [-0.3, -0.25) is 14.4 Å². The second-order valence-corrected chi connectivity index (χ2v) is 16.9. The summed E-state index contributed by atoms with van der Waals surface area (Å²) in [4.78, 5) is 53.2. The molecule has 0 bridgehead atoms. The molecule has 50 heavy (non-hydrogen) atoms. The molecule has 2 amide bonds. The first kappa shape index (κ1) is 36.0. The minimum absolute atomic E-state index is 0.0858. The van der Waals surface area contributed by atoms with Crippen LogP contribution in [0.15, 0.2) is 48.8 Å². The van der Waals surface area contributed by atoms with Gasteiger partial charge in [0.15, 0.2) is 5.82 Å². The Morgan fingerprint density at radius 1 is 0.920 bits per heavy atom. The highest BCUT2D eigenvalue weighted by Crippen LogP contribution is 2.40. The van der Waals surface area contributed by atoms with E-state index in [-0.39, 0.29) is 36.7 Å². The average molecular weight is 700 g/mol. The molecule has 1 aromatic carbocycles. The molecule has 1 atom stereocenters. The molecule has 6 rings (SSSR count). The van der Waals surface area contributed by atoms with Crippen LogP contribution >= 0.6 is 11.3 Å². The first-order chi connectivity index (χ1) is 24.0. The number of thiophene rings is 1. The maximum Gasteiger partial charge on any atom is 0.310 e. The van der Waals surface area contributed by atoms with Gasteiger partial charge in [0, 0.05) is 43.0 Å². The smallest absolute Gasteiger partial charge is 0.310 e. The Morgan fingerprint density at radius 2 is 1.56 bits per heavy atom. The molecule has 0 radical (unpaired) electrons. The fraction of sp³-hybridized carbons (Fsp3) is 0.575. The van der Waals surface area contributed by atoms with Crippen molar-refractivity contribution in [3.8, 4) is 11.4 Å². The van der Waals surface area contributed by atoms with E-state index >= 15 is 0 Å². The largest absolute Gasteiger partial charge is 0.481 e. The number of nitrogens with zero attached hydrogens (tertiary/aromatic N) is 4. The van der Waals surface area contributed by atoms with Crippen LogP contribution in [0.3, 0.4) is 0 Å². The van der Waals surface area contributed by atoms with Gasteiger partial charge >= 0.3 is 5.97 Å². The molecule has 10 heteroatoms. The van der Waals surface area contributed by atoms with Crippen molar-refractivity contribution in [3.63, 3.8) is 0 Å². The van der Waals surface area contributed by atoms with Crippen LogP contribution in [0.2, 0.25) is 0 Å². The van der Waals surface area contributed by atoms with E-state index < -0.39 is 17.9 Å². The van der Waals surface area contributed by atoms with Crippen LogP contribution < -0.4 is 10.2 Å². The normalized spacial score (nSPS) is 21.0. The molecule has 3 aromatic rings. The highest BCUT2D eigenvalue weighted by Gasteiger charge is 2.39. The van der Waals surface area contributed by atoms with Crippen LogP contribution in [-0.4, -0.2) is 70.0 Å². The minimum atomic E-state index is -0.909. The molecule has 4 heterocycles. The molecule has 2 N–H and O–H groups in total.